The van der Waals surface area contributed by atoms with E-state index in [1.54, 1.807) is 0 Å². The normalized spacial score (nSPS) is 9.42. The molecular formula is C9H10O2Se. The van der Waals surface area contributed by atoms with E-state index in [2.05, 4.69) is 4.74 Å². The summed E-state index contributed by atoms with van der Waals surface area (Å²) in [7, 11) is 1.42. The molecule has 2 nitrogen and oxygen atoms in total. The van der Waals surface area contributed by atoms with Gasteiger partial charge in [-0.1, -0.05) is 0 Å². The second kappa shape index (κ2) is 4.96. The summed E-state index contributed by atoms with van der Waals surface area (Å²) in [6.07, 6.45) is 0. The van der Waals surface area contributed by atoms with Crippen LogP contribution >= 0.6 is 0 Å². The van der Waals surface area contributed by atoms with Gasteiger partial charge in [-0.2, -0.15) is 0 Å². The van der Waals surface area contributed by atoms with E-state index in [1.165, 1.54) is 11.6 Å². The topological polar surface area (TPSA) is 26.3 Å². The van der Waals surface area contributed by atoms with Crippen LogP contribution in [0.2, 0.25) is 5.32 Å². The van der Waals surface area contributed by atoms with Crippen molar-refractivity contribution in [2.45, 2.75) is 5.32 Å². The van der Waals surface area contributed by atoms with Gasteiger partial charge in [0.2, 0.25) is 0 Å². The third-order valence-electron chi connectivity index (χ3n) is 1.33. The number of esters is 1. The molecule has 0 radical (unpaired) electrons. The first kappa shape index (κ1) is 9.30. The van der Waals surface area contributed by atoms with Crippen molar-refractivity contribution in [2.75, 3.05) is 7.11 Å². The average molecular weight is 229 g/mol. The SMILES string of the molecule is COC(=O)C[Se]c1ccccc1. The first-order valence-electron chi connectivity index (χ1n) is 3.57. The van der Waals surface area contributed by atoms with Gasteiger partial charge < -0.3 is 0 Å². The second-order valence-electron chi connectivity index (χ2n) is 2.18. The predicted octanol–water partition coefficient (Wildman–Crippen LogP) is 0.607. The molecule has 0 aromatic heterocycles. The Labute approximate surface area is 78.1 Å². The molecule has 64 valence electrons. The van der Waals surface area contributed by atoms with Crippen LogP contribution in [0.25, 0.3) is 0 Å². The molecule has 0 atom stereocenters. The zero-order valence-electron chi connectivity index (χ0n) is 6.82. The monoisotopic (exact) mass is 230 g/mol. The van der Waals surface area contributed by atoms with E-state index in [0.29, 0.717) is 5.32 Å². The molecule has 3 heteroatoms. The molecule has 1 rings (SSSR count). The third kappa shape index (κ3) is 3.07. The molecule has 0 aliphatic rings. The Balaban J connectivity index is 2.38. The molecular weight excluding hydrogens is 219 g/mol. The van der Waals surface area contributed by atoms with E-state index in [4.69, 9.17) is 0 Å². The summed E-state index contributed by atoms with van der Waals surface area (Å²) in [5.74, 6) is -0.126. The van der Waals surface area contributed by atoms with Crippen molar-refractivity contribution in [2.24, 2.45) is 0 Å². The Bertz CT molecular complexity index is 246. The van der Waals surface area contributed by atoms with Gasteiger partial charge in [0.25, 0.3) is 0 Å². The number of benzene rings is 1. The number of carbonyl (C=O) groups excluding carboxylic acids is 1. The fourth-order valence-electron chi connectivity index (χ4n) is 0.718. The molecule has 0 spiro atoms. The van der Waals surface area contributed by atoms with E-state index >= 15 is 0 Å². The molecule has 1 aromatic rings. The van der Waals surface area contributed by atoms with Crippen LogP contribution in [-0.2, 0) is 9.53 Å². The first-order chi connectivity index (χ1) is 5.83. The first-order valence-corrected chi connectivity index (χ1v) is 5.64. The maximum absolute atomic E-state index is 10.8. The Kier molecular flexibility index (Phi) is 3.85. The Morgan fingerprint density at radius 1 is 1.42 bits per heavy atom. The molecule has 0 unspecified atom stereocenters. The van der Waals surface area contributed by atoms with Crippen molar-refractivity contribution in [3.8, 4) is 0 Å². The van der Waals surface area contributed by atoms with Gasteiger partial charge in [-0.25, -0.2) is 0 Å². The van der Waals surface area contributed by atoms with Crippen LogP contribution in [0.4, 0.5) is 0 Å². The van der Waals surface area contributed by atoms with Crippen LogP contribution in [0, 0.1) is 0 Å². The summed E-state index contributed by atoms with van der Waals surface area (Å²) >= 11 is 0.217. The molecule has 0 aliphatic heterocycles. The number of ether oxygens (including phenoxy) is 1. The molecule has 12 heavy (non-hydrogen) atoms. The maximum atomic E-state index is 10.8. The number of carbonyl (C=O) groups is 1. The van der Waals surface area contributed by atoms with Crippen LogP contribution in [0.3, 0.4) is 0 Å². The molecule has 0 aliphatic carbocycles. The van der Waals surface area contributed by atoms with Crippen molar-refractivity contribution in [1.82, 2.24) is 0 Å². The Hall–Kier alpha value is -0.791. The van der Waals surface area contributed by atoms with E-state index in [0.717, 1.165) is 0 Å². The summed E-state index contributed by atoms with van der Waals surface area (Å²) in [4.78, 5) is 10.8. The van der Waals surface area contributed by atoms with E-state index in [9.17, 15) is 4.79 Å². The van der Waals surface area contributed by atoms with Crippen LogP contribution in [0.15, 0.2) is 30.3 Å². The standard InChI is InChI=1S/C9H10O2Se/c1-11-9(10)7-12-8-5-3-2-4-6-8/h2-6H,7H2,1H3. The van der Waals surface area contributed by atoms with Crippen molar-refractivity contribution in [3.63, 3.8) is 0 Å². The predicted molar refractivity (Wildman–Crippen MR) is 48.7 cm³/mol. The fraction of sp³-hybridized carbons (Fsp3) is 0.222. The number of rotatable bonds is 3. The summed E-state index contributed by atoms with van der Waals surface area (Å²) < 4.78 is 5.78. The van der Waals surface area contributed by atoms with E-state index in [1.807, 2.05) is 30.3 Å². The molecule has 0 fully saturated rings. The number of hydrogen-bond donors (Lipinski definition) is 0. The Morgan fingerprint density at radius 3 is 2.67 bits per heavy atom. The van der Waals surface area contributed by atoms with Crippen LogP contribution in [-0.4, -0.2) is 28.0 Å². The van der Waals surface area contributed by atoms with Gasteiger partial charge in [-0.15, -0.1) is 0 Å². The summed E-state index contributed by atoms with van der Waals surface area (Å²) in [5, 5.41) is 0.521. The minimum atomic E-state index is -0.126. The molecule has 0 saturated heterocycles. The van der Waals surface area contributed by atoms with Crippen molar-refractivity contribution < 1.29 is 9.53 Å². The second-order valence-corrected chi connectivity index (χ2v) is 4.38. The summed E-state index contributed by atoms with van der Waals surface area (Å²) in [5.41, 5.74) is 0. The van der Waals surface area contributed by atoms with E-state index in [-0.39, 0.29) is 20.9 Å². The minimum absolute atomic E-state index is 0.126. The van der Waals surface area contributed by atoms with Crippen LogP contribution in [0.1, 0.15) is 0 Å². The Morgan fingerprint density at radius 2 is 2.08 bits per heavy atom. The van der Waals surface area contributed by atoms with Crippen LogP contribution < -0.4 is 4.46 Å². The summed E-state index contributed by atoms with van der Waals surface area (Å²) in [6.45, 7) is 0. The molecule has 1 aromatic carbocycles. The van der Waals surface area contributed by atoms with Crippen LogP contribution in [0.5, 0.6) is 0 Å². The third-order valence-corrected chi connectivity index (χ3v) is 3.40. The molecule has 0 amide bonds. The molecule has 0 heterocycles. The summed E-state index contributed by atoms with van der Waals surface area (Å²) in [6, 6.07) is 9.99. The van der Waals surface area contributed by atoms with Gasteiger partial charge in [0.1, 0.15) is 0 Å². The number of hydrogen-bond acceptors (Lipinski definition) is 2. The van der Waals surface area contributed by atoms with Gasteiger partial charge in [-0.05, 0) is 0 Å². The van der Waals surface area contributed by atoms with Gasteiger partial charge in [0, 0.05) is 0 Å². The van der Waals surface area contributed by atoms with Crippen molar-refractivity contribution in [1.29, 1.82) is 0 Å². The van der Waals surface area contributed by atoms with E-state index < -0.39 is 0 Å². The van der Waals surface area contributed by atoms with Gasteiger partial charge >= 0.3 is 77.7 Å². The molecule has 0 saturated carbocycles. The van der Waals surface area contributed by atoms with Crippen molar-refractivity contribution >= 4 is 25.4 Å². The average Bonchev–Trinajstić information content (AvgIpc) is 2.16. The zero-order chi connectivity index (χ0) is 8.81. The van der Waals surface area contributed by atoms with Gasteiger partial charge in [0.05, 0.1) is 0 Å². The van der Waals surface area contributed by atoms with Gasteiger partial charge in [-0.3, -0.25) is 0 Å². The van der Waals surface area contributed by atoms with Gasteiger partial charge in [0.15, 0.2) is 0 Å². The van der Waals surface area contributed by atoms with Crippen molar-refractivity contribution in [3.05, 3.63) is 30.3 Å². The molecule has 0 N–H and O–H groups in total. The quantitative estimate of drug-likeness (QED) is 0.560. The fourth-order valence-corrected chi connectivity index (χ4v) is 2.30. The zero-order valence-corrected chi connectivity index (χ0v) is 8.53. The molecule has 0 bridgehead atoms. The number of methoxy groups -OCH3 is 1.